The van der Waals surface area contributed by atoms with E-state index in [1.807, 2.05) is 61.5 Å². The molecule has 1 N–H and O–H groups in total. The highest BCUT2D eigenvalue weighted by Crippen LogP contribution is 2.33. The van der Waals surface area contributed by atoms with Crippen molar-refractivity contribution in [2.75, 3.05) is 0 Å². The maximum atomic E-state index is 12.7. The minimum Gasteiger partial charge on any atom is -0.350 e. The number of nitrogens with zero attached hydrogens (tertiary/aromatic N) is 1. The van der Waals surface area contributed by atoms with Crippen LogP contribution in [0.4, 0.5) is 0 Å². The second kappa shape index (κ2) is 7.87. The summed E-state index contributed by atoms with van der Waals surface area (Å²) in [5, 5.41) is 3.04. The molecule has 0 saturated heterocycles. The van der Waals surface area contributed by atoms with Crippen molar-refractivity contribution in [1.82, 2.24) is 10.2 Å². The van der Waals surface area contributed by atoms with Crippen LogP contribution in [0.5, 0.6) is 0 Å². The molecule has 1 aliphatic heterocycles. The maximum absolute atomic E-state index is 12.7. The predicted octanol–water partition coefficient (Wildman–Crippen LogP) is 4.59. The first kappa shape index (κ1) is 18.4. The first-order valence-electron chi connectivity index (χ1n) is 8.56. The fourth-order valence-corrected chi connectivity index (χ4v) is 3.67. The van der Waals surface area contributed by atoms with E-state index in [4.69, 9.17) is 0 Å². The molecule has 3 rings (SSSR count). The molecule has 4 nitrogen and oxygen atoms in total. The molecule has 1 aliphatic rings. The van der Waals surface area contributed by atoms with E-state index < -0.39 is 0 Å². The van der Waals surface area contributed by atoms with Gasteiger partial charge in [0.05, 0.1) is 18.5 Å². The molecular formula is C21H21BrN2O2. The van der Waals surface area contributed by atoms with E-state index in [1.54, 1.807) is 11.1 Å². The minimum absolute atomic E-state index is 0.0754. The third-order valence-electron chi connectivity index (χ3n) is 4.57. The first-order valence-corrected chi connectivity index (χ1v) is 9.36. The number of rotatable bonds is 4. The molecule has 5 heteroatoms. The lowest BCUT2D eigenvalue weighted by Crippen LogP contribution is -2.36. The van der Waals surface area contributed by atoms with Gasteiger partial charge in [-0.3, -0.25) is 9.59 Å². The van der Waals surface area contributed by atoms with E-state index in [0.29, 0.717) is 0 Å². The number of carbonyl (C=O) groups is 2. The number of carbonyl (C=O) groups excluding carboxylic acids is 2. The van der Waals surface area contributed by atoms with Crippen molar-refractivity contribution in [2.45, 2.75) is 32.4 Å². The van der Waals surface area contributed by atoms with Crippen molar-refractivity contribution in [3.63, 3.8) is 0 Å². The molecule has 1 heterocycles. The zero-order chi connectivity index (χ0) is 18.7. The van der Waals surface area contributed by atoms with Gasteiger partial charge in [0.2, 0.25) is 11.8 Å². The van der Waals surface area contributed by atoms with Crippen LogP contribution in [-0.4, -0.2) is 16.7 Å². The van der Waals surface area contributed by atoms with E-state index in [9.17, 15) is 9.59 Å². The van der Waals surface area contributed by atoms with E-state index in [0.717, 1.165) is 21.2 Å². The maximum Gasteiger partial charge on any atom is 0.223 e. The number of fused-ring (bicyclic) bond motifs is 1. The molecular weight excluding hydrogens is 392 g/mol. The molecule has 0 radical (unpaired) electrons. The Balaban J connectivity index is 1.76. The van der Waals surface area contributed by atoms with E-state index in [-0.39, 0.29) is 30.3 Å². The molecule has 134 valence electrons. The second-order valence-corrected chi connectivity index (χ2v) is 7.35. The quantitative estimate of drug-likeness (QED) is 0.797. The molecule has 2 aromatic rings. The summed E-state index contributed by atoms with van der Waals surface area (Å²) in [6.07, 6.45) is 3.90. The largest absolute Gasteiger partial charge is 0.350 e. The van der Waals surface area contributed by atoms with Crippen molar-refractivity contribution in [3.8, 4) is 0 Å². The van der Waals surface area contributed by atoms with Gasteiger partial charge in [-0.25, -0.2) is 0 Å². The van der Waals surface area contributed by atoms with Crippen molar-refractivity contribution >= 4 is 33.8 Å². The Hall–Kier alpha value is -2.40. The smallest absolute Gasteiger partial charge is 0.223 e. The molecule has 2 aromatic carbocycles. The van der Waals surface area contributed by atoms with Gasteiger partial charge in [-0.05, 0) is 41.8 Å². The zero-order valence-electron chi connectivity index (χ0n) is 14.8. The average Bonchev–Trinajstić information content (AvgIpc) is 2.61. The first-order chi connectivity index (χ1) is 12.5. The second-order valence-electron chi connectivity index (χ2n) is 6.44. The Bertz CT molecular complexity index is 863. The topological polar surface area (TPSA) is 49.4 Å². The number of nitrogens with one attached hydrogen (secondary N) is 1. The summed E-state index contributed by atoms with van der Waals surface area (Å²) >= 11 is 3.45. The molecule has 2 atom stereocenters. The highest BCUT2D eigenvalue weighted by molar-refractivity contribution is 9.10. The fraction of sp³-hybridized carbons (Fsp3) is 0.238. The third-order valence-corrected chi connectivity index (χ3v) is 5.07. The Morgan fingerprint density at radius 1 is 1.19 bits per heavy atom. The molecule has 0 aromatic heterocycles. The highest BCUT2D eigenvalue weighted by Gasteiger charge is 2.28. The Kier molecular flexibility index (Phi) is 5.57. The van der Waals surface area contributed by atoms with Crippen LogP contribution in [0.15, 0.2) is 59.2 Å². The van der Waals surface area contributed by atoms with Crippen LogP contribution >= 0.6 is 15.9 Å². The fourth-order valence-electron chi connectivity index (χ4n) is 3.25. The molecule has 0 spiro atoms. The van der Waals surface area contributed by atoms with Gasteiger partial charge in [-0.2, -0.15) is 0 Å². The number of halogens is 1. The monoisotopic (exact) mass is 412 g/mol. The van der Waals surface area contributed by atoms with Gasteiger partial charge in [0.15, 0.2) is 0 Å². The summed E-state index contributed by atoms with van der Waals surface area (Å²) in [4.78, 5) is 26.3. The van der Waals surface area contributed by atoms with E-state index in [1.165, 1.54) is 6.92 Å². The number of amides is 2. The van der Waals surface area contributed by atoms with Gasteiger partial charge in [-0.1, -0.05) is 52.3 Å². The molecule has 0 unspecified atom stereocenters. The number of benzene rings is 2. The van der Waals surface area contributed by atoms with Crippen LogP contribution in [0.3, 0.4) is 0 Å². The van der Waals surface area contributed by atoms with Crippen LogP contribution in [0, 0.1) is 0 Å². The summed E-state index contributed by atoms with van der Waals surface area (Å²) in [6, 6.07) is 15.3. The number of hydrogen-bond donors (Lipinski definition) is 1. The predicted molar refractivity (Wildman–Crippen MR) is 106 cm³/mol. The molecule has 0 aliphatic carbocycles. The molecule has 2 amide bonds. The lowest BCUT2D eigenvalue weighted by Gasteiger charge is -2.32. The van der Waals surface area contributed by atoms with Gasteiger partial charge in [0.25, 0.3) is 0 Å². The Labute approximate surface area is 162 Å². The van der Waals surface area contributed by atoms with Gasteiger partial charge < -0.3 is 10.2 Å². The lowest BCUT2D eigenvalue weighted by molar-refractivity contribution is -0.130. The van der Waals surface area contributed by atoms with Crippen LogP contribution < -0.4 is 5.32 Å². The third kappa shape index (κ3) is 4.05. The Morgan fingerprint density at radius 3 is 2.69 bits per heavy atom. The normalized spacial score (nSPS) is 16.7. The number of hydrogen-bond acceptors (Lipinski definition) is 2. The van der Waals surface area contributed by atoms with Crippen LogP contribution in [0.2, 0.25) is 0 Å². The van der Waals surface area contributed by atoms with Crippen LogP contribution in [0.1, 0.15) is 49.0 Å². The van der Waals surface area contributed by atoms with E-state index >= 15 is 0 Å². The molecule has 0 bridgehead atoms. The van der Waals surface area contributed by atoms with Crippen LogP contribution in [0.25, 0.3) is 6.08 Å². The summed E-state index contributed by atoms with van der Waals surface area (Å²) in [5.41, 5.74) is 3.07. The molecule has 0 fully saturated rings. The average molecular weight is 413 g/mol. The lowest BCUT2D eigenvalue weighted by atomic mass is 9.93. The van der Waals surface area contributed by atoms with Crippen LogP contribution in [-0.2, 0) is 9.59 Å². The SMILES string of the molecule is CC(=O)N1C=Cc2ccccc2[C@H]1CC(=O)N[C@@H](C)c1cccc(Br)c1. The minimum atomic E-state index is -0.289. The summed E-state index contributed by atoms with van der Waals surface area (Å²) < 4.78 is 0.977. The standard InChI is InChI=1S/C21H21BrN2O2/c1-14(17-7-5-8-18(22)12-17)23-21(26)13-20-19-9-4-3-6-16(19)10-11-24(20)15(2)25/h3-12,14,20H,13H2,1-2H3,(H,23,26)/t14-,20+/m0/s1. The summed E-state index contributed by atoms with van der Waals surface area (Å²) in [7, 11) is 0. The van der Waals surface area contributed by atoms with Gasteiger partial charge in [-0.15, -0.1) is 0 Å². The van der Waals surface area contributed by atoms with Crippen molar-refractivity contribution in [2.24, 2.45) is 0 Å². The summed E-state index contributed by atoms with van der Waals surface area (Å²) in [6.45, 7) is 3.48. The van der Waals surface area contributed by atoms with Crippen molar-refractivity contribution in [3.05, 3.63) is 75.9 Å². The van der Waals surface area contributed by atoms with Gasteiger partial charge >= 0.3 is 0 Å². The highest BCUT2D eigenvalue weighted by atomic mass is 79.9. The van der Waals surface area contributed by atoms with Crippen molar-refractivity contribution < 1.29 is 9.59 Å². The van der Waals surface area contributed by atoms with Gasteiger partial charge in [0.1, 0.15) is 0 Å². The van der Waals surface area contributed by atoms with E-state index in [2.05, 4.69) is 21.2 Å². The molecule has 0 saturated carbocycles. The Morgan fingerprint density at radius 2 is 1.96 bits per heavy atom. The summed E-state index contributed by atoms with van der Waals surface area (Å²) in [5.74, 6) is -0.160. The zero-order valence-corrected chi connectivity index (χ0v) is 16.4. The molecule has 26 heavy (non-hydrogen) atoms. The van der Waals surface area contributed by atoms with Crippen molar-refractivity contribution in [1.29, 1.82) is 0 Å². The van der Waals surface area contributed by atoms with Gasteiger partial charge in [0, 0.05) is 17.6 Å².